The molecule has 3 atom stereocenters. The van der Waals surface area contributed by atoms with E-state index >= 15 is 0 Å². The second-order valence-corrected chi connectivity index (χ2v) is 9.84. The number of fused-ring (bicyclic) bond motifs is 5. The standard InChI is InChI=1S/C32H31N3/c1-5-12-25-23(4)32-34(24-15-7-6-8-16-24)29-20-19-27(30-21(2)13-11-14-22(30)3)33-31(29)35(32)28-18-10-9-17-26(25)28/h5-11,13-20,23,25,32H,1,12H2,2-4H3. The second kappa shape index (κ2) is 8.42. The van der Waals surface area contributed by atoms with Gasteiger partial charge >= 0.3 is 0 Å². The minimum atomic E-state index is 0.146. The molecule has 0 saturated carbocycles. The van der Waals surface area contributed by atoms with Crippen LogP contribution < -0.4 is 9.80 Å². The minimum absolute atomic E-state index is 0.146. The van der Waals surface area contributed by atoms with E-state index in [-0.39, 0.29) is 6.17 Å². The molecule has 0 N–H and O–H groups in total. The van der Waals surface area contributed by atoms with Gasteiger partial charge in [-0.2, -0.15) is 0 Å². The Bertz CT molecular complexity index is 1390. The van der Waals surface area contributed by atoms with E-state index < -0.39 is 0 Å². The van der Waals surface area contributed by atoms with Crippen LogP contribution in [0.2, 0.25) is 0 Å². The van der Waals surface area contributed by atoms with Crippen molar-refractivity contribution in [2.45, 2.75) is 39.3 Å². The van der Waals surface area contributed by atoms with Gasteiger partial charge in [0.15, 0.2) is 5.82 Å². The molecule has 0 saturated heterocycles. The fourth-order valence-electron chi connectivity index (χ4n) is 6.19. The maximum absolute atomic E-state index is 5.37. The highest BCUT2D eigenvalue weighted by atomic mass is 15.5. The van der Waals surface area contributed by atoms with Crippen LogP contribution in [0.1, 0.15) is 36.0 Å². The largest absolute Gasteiger partial charge is 0.317 e. The zero-order valence-corrected chi connectivity index (χ0v) is 20.6. The summed E-state index contributed by atoms with van der Waals surface area (Å²) in [6.45, 7) is 10.8. The van der Waals surface area contributed by atoms with Gasteiger partial charge in [0.1, 0.15) is 6.17 Å². The highest BCUT2D eigenvalue weighted by molar-refractivity contribution is 5.89. The first-order valence-electron chi connectivity index (χ1n) is 12.5. The van der Waals surface area contributed by atoms with E-state index in [9.17, 15) is 0 Å². The Morgan fingerprint density at radius 2 is 1.51 bits per heavy atom. The Balaban J connectivity index is 1.61. The highest BCUT2D eigenvalue weighted by Crippen LogP contribution is 2.56. The van der Waals surface area contributed by atoms with E-state index in [0.717, 1.165) is 23.6 Å². The number of allylic oxidation sites excluding steroid dienone is 1. The third kappa shape index (κ3) is 3.30. The van der Waals surface area contributed by atoms with Gasteiger partial charge in [-0.15, -0.1) is 6.58 Å². The van der Waals surface area contributed by atoms with Crippen LogP contribution in [-0.2, 0) is 0 Å². The first kappa shape index (κ1) is 21.7. The summed E-state index contributed by atoms with van der Waals surface area (Å²) in [6, 6.07) is 30.5. The Hall–Kier alpha value is -3.85. The first-order valence-corrected chi connectivity index (χ1v) is 12.5. The third-order valence-electron chi connectivity index (χ3n) is 7.76. The van der Waals surface area contributed by atoms with Crippen molar-refractivity contribution in [3.05, 3.63) is 114 Å². The summed E-state index contributed by atoms with van der Waals surface area (Å²) in [5.41, 5.74) is 9.78. The van der Waals surface area contributed by atoms with Gasteiger partial charge in [-0.3, -0.25) is 0 Å². The van der Waals surface area contributed by atoms with E-state index in [1.54, 1.807) is 0 Å². The zero-order valence-electron chi connectivity index (χ0n) is 20.6. The number of para-hydroxylation sites is 2. The molecule has 174 valence electrons. The fraction of sp³-hybridized carbons (Fsp3) is 0.219. The van der Waals surface area contributed by atoms with Crippen LogP contribution in [0.15, 0.2) is 97.6 Å². The molecule has 2 aliphatic heterocycles. The van der Waals surface area contributed by atoms with Crippen LogP contribution in [-0.4, -0.2) is 11.1 Å². The normalized spacial score (nSPS) is 20.3. The van der Waals surface area contributed by atoms with Gasteiger partial charge in [0.25, 0.3) is 0 Å². The van der Waals surface area contributed by atoms with E-state index in [0.29, 0.717) is 11.8 Å². The molecule has 0 aliphatic carbocycles. The lowest BCUT2D eigenvalue weighted by Crippen LogP contribution is -2.48. The van der Waals surface area contributed by atoms with Gasteiger partial charge in [-0.05, 0) is 73.2 Å². The molecule has 0 fully saturated rings. The van der Waals surface area contributed by atoms with Crippen molar-refractivity contribution in [2.24, 2.45) is 5.92 Å². The van der Waals surface area contributed by atoms with Crippen molar-refractivity contribution < 1.29 is 0 Å². The number of benzene rings is 3. The summed E-state index contributed by atoms with van der Waals surface area (Å²) < 4.78 is 0. The van der Waals surface area contributed by atoms with Crippen LogP contribution >= 0.6 is 0 Å². The number of pyridine rings is 1. The first-order chi connectivity index (χ1) is 17.1. The molecule has 0 spiro atoms. The van der Waals surface area contributed by atoms with Gasteiger partial charge in [-0.25, -0.2) is 4.98 Å². The molecule has 3 heterocycles. The molecule has 0 radical (unpaired) electrons. The summed E-state index contributed by atoms with van der Waals surface area (Å²) in [4.78, 5) is 10.4. The van der Waals surface area contributed by atoms with E-state index in [4.69, 9.17) is 4.98 Å². The monoisotopic (exact) mass is 457 g/mol. The van der Waals surface area contributed by atoms with E-state index in [1.165, 1.54) is 33.6 Å². The minimum Gasteiger partial charge on any atom is -0.317 e. The molecule has 0 bridgehead atoms. The Labute approximate surface area is 208 Å². The Kier molecular flexibility index (Phi) is 5.21. The van der Waals surface area contributed by atoms with Gasteiger partial charge < -0.3 is 9.80 Å². The molecule has 3 aromatic carbocycles. The second-order valence-electron chi connectivity index (χ2n) is 9.84. The number of rotatable bonds is 4. The number of hydrogen-bond donors (Lipinski definition) is 0. The quantitative estimate of drug-likeness (QED) is 0.287. The SMILES string of the molecule is C=CCC1c2ccccc2N2c3nc(-c4c(C)cccc4C)ccc3N(c3ccccc3)C2C1C. The predicted octanol–water partition coefficient (Wildman–Crippen LogP) is 8.29. The van der Waals surface area contributed by atoms with Crippen molar-refractivity contribution in [3.8, 4) is 11.3 Å². The maximum atomic E-state index is 5.37. The van der Waals surface area contributed by atoms with E-state index in [1.807, 2.05) is 0 Å². The van der Waals surface area contributed by atoms with Crippen LogP contribution in [0.3, 0.4) is 0 Å². The van der Waals surface area contributed by atoms with Crippen LogP contribution in [0, 0.1) is 19.8 Å². The van der Waals surface area contributed by atoms with Crippen molar-refractivity contribution >= 4 is 22.9 Å². The predicted molar refractivity (Wildman–Crippen MR) is 147 cm³/mol. The van der Waals surface area contributed by atoms with Gasteiger partial charge in [-0.1, -0.05) is 67.6 Å². The summed E-state index contributed by atoms with van der Waals surface area (Å²) in [5, 5.41) is 0. The smallest absolute Gasteiger partial charge is 0.159 e. The number of nitrogens with zero attached hydrogens (tertiary/aromatic N) is 3. The lowest BCUT2D eigenvalue weighted by Gasteiger charge is -2.45. The maximum Gasteiger partial charge on any atom is 0.159 e. The lowest BCUT2D eigenvalue weighted by atomic mass is 9.78. The molecule has 6 rings (SSSR count). The number of aryl methyl sites for hydroxylation is 2. The van der Waals surface area contributed by atoms with Crippen molar-refractivity contribution in [2.75, 3.05) is 9.80 Å². The molecule has 3 nitrogen and oxygen atoms in total. The average Bonchev–Trinajstić information content (AvgIpc) is 3.22. The number of aromatic nitrogens is 1. The zero-order chi connectivity index (χ0) is 24.1. The Morgan fingerprint density at radius 3 is 2.26 bits per heavy atom. The number of anilines is 4. The molecule has 3 heteroatoms. The molecule has 3 unspecified atom stereocenters. The van der Waals surface area contributed by atoms with Crippen molar-refractivity contribution in [1.82, 2.24) is 4.98 Å². The summed E-state index contributed by atoms with van der Waals surface area (Å²) in [6.07, 6.45) is 3.18. The fourth-order valence-corrected chi connectivity index (χ4v) is 6.19. The Morgan fingerprint density at radius 1 is 0.800 bits per heavy atom. The molecule has 35 heavy (non-hydrogen) atoms. The van der Waals surface area contributed by atoms with Gasteiger partial charge in [0.05, 0.1) is 11.4 Å². The van der Waals surface area contributed by atoms with Crippen LogP contribution in [0.25, 0.3) is 11.3 Å². The topological polar surface area (TPSA) is 19.4 Å². The molecule has 0 amide bonds. The number of hydrogen-bond acceptors (Lipinski definition) is 3. The average molecular weight is 458 g/mol. The van der Waals surface area contributed by atoms with Crippen LogP contribution in [0.5, 0.6) is 0 Å². The summed E-state index contributed by atoms with van der Waals surface area (Å²) in [7, 11) is 0. The molecule has 1 aromatic heterocycles. The summed E-state index contributed by atoms with van der Waals surface area (Å²) in [5.74, 6) is 1.82. The van der Waals surface area contributed by atoms with Crippen LogP contribution in [0.4, 0.5) is 22.9 Å². The molecule has 4 aromatic rings. The molecule has 2 aliphatic rings. The highest BCUT2D eigenvalue weighted by Gasteiger charge is 2.48. The van der Waals surface area contributed by atoms with Gasteiger partial charge in [0, 0.05) is 22.9 Å². The lowest BCUT2D eigenvalue weighted by molar-refractivity contribution is 0.369. The van der Waals surface area contributed by atoms with E-state index in [2.05, 4.69) is 128 Å². The van der Waals surface area contributed by atoms with Crippen molar-refractivity contribution in [1.29, 1.82) is 0 Å². The molecular formula is C32H31N3. The summed E-state index contributed by atoms with van der Waals surface area (Å²) >= 11 is 0. The molecular weight excluding hydrogens is 426 g/mol. The van der Waals surface area contributed by atoms with Gasteiger partial charge in [0.2, 0.25) is 0 Å². The third-order valence-corrected chi connectivity index (χ3v) is 7.76. The van der Waals surface area contributed by atoms with Crippen molar-refractivity contribution in [3.63, 3.8) is 0 Å².